The topological polar surface area (TPSA) is 259 Å². The fourth-order valence-corrected chi connectivity index (χ4v) is 3.93. The second-order valence-electron chi connectivity index (χ2n) is 11.7. The molecule has 0 spiro atoms. The van der Waals surface area contributed by atoms with Crippen LogP contribution in [-0.4, -0.2) is 59.8 Å². The summed E-state index contributed by atoms with van der Waals surface area (Å²) in [5, 5.41) is 0. The van der Waals surface area contributed by atoms with Gasteiger partial charge in [-0.3, -0.25) is 19.9 Å². The third kappa shape index (κ3) is 21.0. The number of nitrogens with two attached hydrogens (primary N) is 4. The predicted molar refractivity (Wildman–Crippen MR) is 252 cm³/mol. The van der Waals surface area contributed by atoms with E-state index >= 15 is 0 Å². The van der Waals surface area contributed by atoms with Gasteiger partial charge in [-0.2, -0.15) is 0 Å². The number of anilines is 4. The Morgan fingerprint density at radius 3 is 0.594 bits per heavy atom. The molecule has 16 nitrogen and oxygen atoms in total. The van der Waals surface area contributed by atoms with Gasteiger partial charge >= 0.3 is 0 Å². The summed E-state index contributed by atoms with van der Waals surface area (Å²) in [5.74, 6) is 10.5. The van der Waals surface area contributed by atoms with Crippen LogP contribution < -0.4 is 22.9 Å². The van der Waals surface area contributed by atoms with Crippen molar-refractivity contribution in [3.63, 3.8) is 0 Å². The fourth-order valence-electron chi connectivity index (χ4n) is 3.93. The van der Waals surface area contributed by atoms with E-state index in [4.69, 9.17) is 48.6 Å². The summed E-state index contributed by atoms with van der Waals surface area (Å²) < 4.78 is 0. The van der Waals surface area contributed by atoms with E-state index in [0.717, 1.165) is 22.3 Å². The Kier molecular flexibility index (Phi) is 21.9. The molecule has 0 bridgehead atoms. The minimum atomic E-state index is 0.244. The molecule has 0 atom stereocenters. The average Bonchev–Trinajstić information content (AvgIpc) is 3.36. The Labute approximate surface area is 371 Å². The normalized spacial score (nSPS) is 9.31. The first-order valence-corrected chi connectivity index (χ1v) is 18.3. The van der Waals surface area contributed by atoms with Gasteiger partial charge in [0.15, 0.2) is 0 Å². The lowest BCUT2D eigenvalue weighted by atomic mass is 10.2. The molecule has 8 aromatic rings. The molecule has 0 fully saturated rings. The van der Waals surface area contributed by atoms with Gasteiger partial charge in [0.05, 0.1) is 22.3 Å². The minimum Gasteiger partial charge on any atom is -0.368 e. The van der Waals surface area contributed by atoms with Crippen LogP contribution in [0.15, 0.2) is 148 Å². The van der Waals surface area contributed by atoms with Crippen molar-refractivity contribution < 1.29 is 0 Å². The highest BCUT2D eigenvalue weighted by Crippen LogP contribution is 2.07. The van der Waals surface area contributed by atoms with E-state index in [2.05, 4.69) is 108 Å². The summed E-state index contributed by atoms with van der Waals surface area (Å²) in [5.41, 5.74) is 27.9. The highest BCUT2D eigenvalue weighted by Gasteiger charge is 1.90. The Morgan fingerprint density at radius 1 is 0.297 bits per heavy atom. The van der Waals surface area contributed by atoms with Gasteiger partial charge in [-0.1, -0.05) is 48.0 Å². The van der Waals surface area contributed by atoms with Crippen molar-refractivity contribution in [3.8, 4) is 49.4 Å². The van der Waals surface area contributed by atoms with Crippen molar-refractivity contribution >= 4 is 48.1 Å². The maximum absolute atomic E-state index is 5.19. The summed E-state index contributed by atoms with van der Waals surface area (Å²) in [4.78, 5) is 45.2. The van der Waals surface area contributed by atoms with Crippen LogP contribution >= 0.6 is 0 Å². The van der Waals surface area contributed by atoms with E-state index in [9.17, 15) is 0 Å². The van der Waals surface area contributed by atoms with Gasteiger partial charge in [0.25, 0.3) is 0 Å². The fraction of sp³-hybridized carbons (Fsp3) is 0. The molecule has 0 aliphatic heterocycles. The van der Waals surface area contributed by atoms with E-state index in [1.807, 2.05) is 48.5 Å². The van der Waals surface area contributed by atoms with E-state index in [0.29, 0.717) is 22.3 Å². The molecule has 312 valence electrons. The second kappa shape index (κ2) is 29.1. The summed E-state index contributed by atoms with van der Waals surface area (Å²) >= 11 is 0. The van der Waals surface area contributed by atoms with E-state index in [-0.39, 0.29) is 23.8 Å². The van der Waals surface area contributed by atoms with Crippen molar-refractivity contribution in [2.24, 2.45) is 0 Å². The standard InChI is InChI=1S/2C12H10N2.4C6H5N3/c2*1(11-3-7-13-8-4-11)2-12-5-9-14-10-6-12;4*1-2-5-3-8-6(7)9-4-5/h2*1-10H;4*1,3-4H,(H2,7,8,9)/b2*2-1+;;;;. The summed E-state index contributed by atoms with van der Waals surface area (Å²) in [6.45, 7) is 0. The van der Waals surface area contributed by atoms with Gasteiger partial charge in [0.1, 0.15) is 0 Å². The van der Waals surface area contributed by atoms with Gasteiger partial charge in [-0.05, 0) is 70.8 Å². The van der Waals surface area contributed by atoms with E-state index in [1.54, 1.807) is 49.6 Å². The van der Waals surface area contributed by atoms with Crippen molar-refractivity contribution in [3.05, 3.63) is 192 Å². The highest BCUT2D eigenvalue weighted by atomic mass is 15.0. The smallest absolute Gasteiger partial charge is 0.219 e. The lowest BCUT2D eigenvalue weighted by Crippen LogP contribution is -1.93. The molecule has 8 N–H and O–H groups in total. The molecule has 16 heteroatoms. The number of nitrogens with zero attached hydrogens (tertiary/aromatic N) is 12. The molecule has 0 radical (unpaired) electrons. The van der Waals surface area contributed by atoms with Crippen LogP contribution in [-0.2, 0) is 0 Å². The summed E-state index contributed by atoms with van der Waals surface area (Å²) in [7, 11) is 0. The molecule has 64 heavy (non-hydrogen) atoms. The van der Waals surface area contributed by atoms with Crippen molar-refractivity contribution in [2.45, 2.75) is 0 Å². The number of rotatable bonds is 4. The molecule has 8 aromatic heterocycles. The SMILES string of the molecule is C#Cc1cnc(N)nc1.C#Cc1cnc(N)nc1.C#Cc1cnc(N)nc1.C#Cc1cnc(N)nc1.C(=C\c1ccncc1)/c1ccncc1.C(=C\c1ccncc1)/c1ccncc1. The molecular formula is C48H40N16. The Morgan fingerprint density at radius 2 is 0.453 bits per heavy atom. The van der Waals surface area contributed by atoms with Crippen molar-refractivity contribution in [1.29, 1.82) is 0 Å². The zero-order valence-corrected chi connectivity index (χ0v) is 34.2. The Bertz CT molecular complexity index is 2350. The van der Waals surface area contributed by atoms with Crippen molar-refractivity contribution in [1.82, 2.24) is 59.8 Å². The number of hydrogen-bond acceptors (Lipinski definition) is 16. The third-order valence-electron chi connectivity index (χ3n) is 7.11. The lowest BCUT2D eigenvalue weighted by Gasteiger charge is -1.92. The van der Waals surface area contributed by atoms with Gasteiger partial charge in [-0.15, -0.1) is 25.7 Å². The second-order valence-corrected chi connectivity index (χ2v) is 11.7. The zero-order valence-electron chi connectivity index (χ0n) is 34.2. The molecule has 0 aliphatic rings. The van der Waals surface area contributed by atoms with Gasteiger partial charge in [0.2, 0.25) is 23.8 Å². The van der Waals surface area contributed by atoms with Crippen LogP contribution in [0.2, 0.25) is 0 Å². The lowest BCUT2D eigenvalue weighted by molar-refractivity contribution is 1.17. The predicted octanol–water partition coefficient (Wildman–Crippen LogP) is 5.45. The van der Waals surface area contributed by atoms with E-state index in [1.165, 1.54) is 49.6 Å². The van der Waals surface area contributed by atoms with Gasteiger partial charge in [0, 0.05) is 99.1 Å². The maximum atomic E-state index is 5.19. The molecule has 8 heterocycles. The van der Waals surface area contributed by atoms with Gasteiger partial charge < -0.3 is 22.9 Å². The molecule has 0 amide bonds. The number of aromatic nitrogens is 12. The van der Waals surface area contributed by atoms with Crippen LogP contribution in [0, 0.1) is 49.4 Å². The third-order valence-corrected chi connectivity index (χ3v) is 7.11. The highest BCUT2D eigenvalue weighted by molar-refractivity contribution is 5.69. The number of terminal acetylenes is 4. The van der Waals surface area contributed by atoms with Crippen LogP contribution in [0.1, 0.15) is 44.5 Å². The summed E-state index contributed by atoms with van der Waals surface area (Å²) in [6, 6.07) is 15.8. The molecule has 0 saturated carbocycles. The van der Waals surface area contributed by atoms with Crippen LogP contribution in [0.3, 0.4) is 0 Å². The maximum Gasteiger partial charge on any atom is 0.219 e. The largest absolute Gasteiger partial charge is 0.368 e. The molecule has 0 aromatic carbocycles. The first kappa shape index (κ1) is 48.2. The Hall–Kier alpha value is -10.2. The minimum absolute atomic E-state index is 0.244. The van der Waals surface area contributed by atoms with Crippen molar-refractivity contribution in [2.75, 3.05) is 22.9 Å². The van der Waals surface area contributed by atoms with Crippen LogP contribution in [0.5, 0.6) is 0 Å². The molecule has 0 aliphatic carbocycles. The quantitative estimate of drug-likeness (QED) is 0.161. The summed E-state index contributed by atoms with van der Waals surface area (Å²) in [6.07, 6.45) is 54.6. The van der Waals surface area contributed by atoms with Crippen LogP contribution in [0.4, 0.5) is 23.8 Å². The van der Waals surface area contributed by atoms with Crippen LogP contribution in [0.25, 0.3) is 24.3 Å². The number of pyridine rings is 4. The average molecular weight is 841 g/mol. The Balaban J connectivity index is 0.000000207. The molecular weight excluding hydrogens is 801 g/mol. The molecule has 0 saturated heterocycles. The van der Waals surface area contributed by atoms with Gasteiger partial charge in [-0.25, -0.2) is 39.9 Å². The zero-order chi connectivity index (χ0) is 46.0. The van der Waals surface area contributed by atoms with E-state index < -0.39 is 0 Å². The monoisotopic (exact) mass is 840 g/mol. The molecule has 8 rings (SSSR count). The number of hydrogen-bond donors (Lipinski definition) is 4. The first-order valence-electron chi connectivity index (χ1n) is 18.3. The molecule has 0 unspecified atom stereocenters. The first-order chi connectivity index (χ1) is 31.2. The number of nitrogen functional groups attached to an aromatic ring is 4.